The molecule has 0 saturated carbocycles. The number of carbonyl (C=O) groups excluding carboxylic acids is 1. The summed E-state index contributed by atoms with van der Waals surface area (Å²) in [7, 11) is 0. The summed E-state index contributed by atoms with van der Waals surface area (Å²) in [6, 6.07) is 13.9. The van der Waals surface area contributed by atoms with E-state index in [1.165, 1.54) is 12.1 Å². The maximum Gasteiger partial charge on any atom is 0.269 e. The quantitative estimate of drug-likeness (QED) is 0.411. The molecule has 4 rings (SSSR count). The van der Waals surface area contributed by atoms with Crippen molar-refractivity contribution in [3.8, 4) is 0 Å². The lowest BCUT2D eigenvalue weighted by atomic mass is 9.73. The van der Waals surface area contributed by atoms with Gasteiger partial charge in [-0.25, -0.2) is 0 Å². The molecule has 0 N–H and O–H groups in total. The summed E-state index contributed by atoms with van der Waals surface area (Å²) in [5, 5.41) is 11.0. The van der Waals surface area contributed by atoms with Crippen molar-refractivity contribution in [3.05, 3.63) is 80.9 Å². The minimum Gasteiger partial charge on any atom is -0.289 e. The molecule has 2 aromatic rings. The number of thiocarbonyl (C=S) groups is 1. The third kappa shape index (κ3) is 2.72. The Morgan fingerprint density at radius 2 is 1.79 bits per heavy atom. The van der Waals surface area contributed by atoms with E-state index in [0.29, 0.717) is 23.3 Å². The number of ketones is 1. The minimum absolute atomic E-state index is 0.0230. The van der Waals surface area contributed by atoms with E-state index >= 15 is 0 Å². The number of Topliss-reactive ketones (excluding diaryl/α,β-unsaturated/α-hetero) is 1. The normalized spacial score (nSPS) is 20.5. The fraction of sp³-hybridized carbons (Fsp3) is 0.227. The number of allylic oxidation sites excluding steroid dienone is 1. The maximum absolute atomic E-state index is 13.3. The number of hydrogen-bond acceptors (Lipinski definition) is 5. The van der Waals surface area contributed by atoms with Gasteiger partial charge < -0.3 is 0 Å². The molecule has 0 spiro atoms. The van der Waals surface area contributed by atoms with Crippen LogP contribution in [-0.2, 0) is 0 Å². The molecule has 2 aromatic carbocycles. The lowest BCUT2D eigenvalue weighted by Gasteiger charge is -2.32. The van der Waals surface area contributed by atoms with Gasteiger partial charge in [-0.1, -0.05) is 55.5 Å². The van der Waals surface area contributed by atoms with E-state index in [1.807, 2.05) is 38.1 Å². The third-order valence-corrected chi connectivity index (χ3v) is 6.01. The van der Waals surface area contributed by atoms with Gasteiger partial charge in [0.05, 0.1) is 10.6 Å². The van der Waals surface area contributed by atoms with E-state index in [1.54, 1.807) is 12.1 Å². The molecule has 2 unspecified atom stereocenters. The van der Waals surface area contributed by atoms with Crippen molar-refractivity contribution in [1.29, 1.82) is 0 Å². The number of rotatable bonds is 4. The summed E-state index contributed by atoms with van der Waals surface area (Å²) in [5.74, 6) is -0.506. The van der Waals surface area contributed by atoms with Gasteiger partial charge in [-0.05, 0) is 18.9 Å². The molecule has 140 valence electrons. The lowest BCUT2D eigenvalue weighted by Crippen LogP contribution is -2.32. The van der Waals surface area contributed by atoms with Crippen molar-refractivity contribution < 1.29 is 9.72 Å². The van der Waals surface area contributed by atoms with E-state index < -0.39 is 4.92 Å². The Morgan fingerprint density at radius 1 is 1.14 bits per heavy atom. The lowest BCUT2D eigenvalue weighted by molar-refractivity contribution is -0.384. The fourth-order valence-electron chi connectivity index (χ4n) is 4.15. The zero-order valence-electron chi connectivity index (χ0n) is 15.5. The molecule has 2 aliphatic rings. The Balaban J connectivity index is 1.92. The van der Waals surface area contributed by atoms with E-state index in [4.69, 9.17) is 17.2 Å². The van der Waals surface area contributed by atoms with Gasteiger partial charge in [-0.3, -0.25) is 19.9 Å². The molecule has 5 nitrogen and oxygen atoms in total. The molecule has 0 radical (unpaired) electrons. The van der Waals surface area contributed by atoms with Crippen molar-refractivity contribution in [2.24, 2.45) is 10.9 Å². The number of carbonyl (C=O) groups is 1. The van der Waals surface area contributed by atoms with Gasteiger partial charge in [-0.15, -0.1) is 0 Å². The molecule has 1 aliphatic heterocycles. The number of nitro benzene ring substituents is 1. The third-order valence-electron chi connectivity index (χ3n) is 5.47. The van der Waals surface area contributed by atoms with Gasteiger partial charge >= 0.3 is 0 Å². The van der Waals surface area contributed by atoms with Crippen LogP contribution in [0.5, 0.6) is 0 Å². The van der Waals surface area contributed by atoms with Crippen LogP contribution in [0.3, 0.4) is 0 Å². The van der Waals surface area contributed by atoms with Crippen LogP contribution in [0.25, 0.3) is 5.70 Å². The second-order valence-electron chi connectivity index (χ2n) is 7.01. The van der Waals surface area contributed by atoms with Gasteiger partial charge in [0.2, 0.25) is 0 Å². The van der Waals surface area contributed by atoms with Crippen LogP contribution < -0.4 is 0 Å². The van der Waals surface area contributed by atoms with Crippen molar-refractivity contribution >= 4 is 40.0 Å². The topological polar surface area (TPSA) is 72.6 Å². The number of aliphatic imine (C=N–C) groups is 1. The second kappa shape index (κ2) is 6.87. The largest absolute Gasteiger partial charge is 0.289 e. The van der Waals surface area contributed by atoms with Crippen LogP contribution in [0.15, 0.2) is 59.1 Å². The summed E-state index contributed by atoms with van der Waals surface area (Å²) in [6.45, 7) is 3.94. The van der Waals surface area contributed by atoms with Gasteiger partial charge in [0.25, 0.3) is 5.69 Å². The highest BCUT2D eigenvalue weighted by atomic mass is 32.1. The van der Waals surface area contributed by atoms with Crippen molar-refractivity contribution in [3.63, 3.8) is 0 Å². The van der Waals surface area contributed by atoms with Crippen LogP contribution in [0.4, 0.5) is 5.69 Å². The van der Waals surface area contributed by atoms with Crippen LogP contribution in [0.2, 0.25) is 0 Å². The molecule has 0 aromatic heterocycles. The SMILES string of the molecule is CCC(=S)C1C(C)=NC2=C(C(=O)c3ccccc32)C1c1ccc([N+](=O)[O-])cc1. The summed E-state index contributed by atoms with van der Waals surface area (Å²) in [6.07, 6.45) is 0.695. The Morgan fingerprint density at radius 3 is 2.39 bits per heavy atom. The van der Waals surface area contributed by atoms with E-state index in [9.17, 15) is 14.9 Å². The van der Waals surface area contributed by atoms with Crippen molar-refractivity contribution in [1.82, 2.24) is 0 Å². The molecule has 0 fully saturated rings. The van der Waals surface area contributed by atoms with Gasteiger partial charge in [-0.2, -0.15) is 0 Å². The van der Waals surface area contributed by atoms with Gasteiger partial charge in [0, 0.05) is 51.2 Å². The number of nitrogens with zero attached hydrogens (tertiary/aromatic N) is 2. The average Bonchev–Trinajstić information content (AvgIpc) is 2.98. The Hall–Kier alpha value is -2.99. The van der Waals surface area contributed by atoms with Crippen LogP contribution in [-0.4, -0.2) is 21.3 Å². The molecule has 1 aliphatic carbocycles. The highest BCUT2D eigenvalue weighted by Crippen LogP contribution is 2.48. The molecule has 2 atom stereocenters. The zero-order valence-corrected chi connectivity index (χ0v) is 16.3. The van der Waals surface area contributed by atoms with Crippen LogP contribution >= 0.6 is 12.2 Å². The van der Waals surface area contributed by atoms with Gasteiger partial charge in [0.15, 0.2) is 5.78 Å². The number of nitro groups is 1. The van der Waals surface area contributed by atoms with Crippen LogP contribution in [0, 0.1) is 16.0 Å². The zero-order chi connectivity index (χ0) is 20.0. The summed E-state index contributed by atoms with van der Waals surface area (Å²) in [5.41, 5.74) is 4.58. The van der Waals surface area contributed by atoms with E-state index in [0.717, 1.165) is 21.7 Å². The smallest absolute Gasteiger partial charge is 0.269 e. The second-order valence-corrected chi connectivity index (χ2v) is 7.54. The summed E-state index contributed by atoms with van der Waals surface area (Å²) in [4.78, 5) is 29.5. The molecular formula is C22H18N2O3S. The predicted octanol–water partition coefficient (Wildman–Crippen LogP) is 5.16. The first kappa shape index (κ1) is 18.4. The molecule has 0 bridgehead atoms. The summed E-state index contributed by atoms with van der Waals surface area (Å²) < 4.78 is 0. The Kier molecular flexibility index (Phi) is 4.51. The first-order valence-electron chi connectivity index (χ1n) is 9.14. The highest BCUT2D eigenvalue weighted by Gasteiger charge is 2.43. The molecule has 1 heterocycles. The van der Waals surface area contributed by atoms with Crippen molar-refractivity contribution in [2.75, 3.05) is 0 Å². The van der Waals surface area contributed by atoms with Crippen LogP contribution in [0.1, 0.15) is 47.7 Å². The maximum atomic E-state index is 13.3. The Labute approximate surface area is 168 Å². The fourth-order valence-corrected chi connectivity index (χ4v) is 4.46. The average molecular weight is 390 g/mol. The first-order chi connectivity index (χ1) is 13.4. The number of hydrogen-bond donors (Lipinski definition) is 0. The Bertz CT molecular complexity index is 1080. The molecular weight excluding hydrogens is 372 g/mol. The monoisotopic (exact) mass is 390 g/mol. The predicted molar refractivity (Wildman–Crippen MR) is 113 cm³/mol. The first-order valence-corrected chi connectivity index (χ1v) is 9.55. The van der Waals surface area contributed by atoms with Crippen molar-refractivity contribution in [2.45, 2.75) is 26.2 Å². The molecule has 0 saturated heterocycles. The molecule has 0 amide bonds. The highest BCUT2D eigenvalue weighted by molar-refractivity contribution is 7.80. The molecule has 6 heteroatoms. The minimum atomic E-state index is -0.424. The molecule has 28 heavy (non-hydrogen) atoms. The number of non-ortho nitro benzene ring substituents is 1. The van der Waals surface area contributed by atoms with E-state index in [2.05, 4.69) is 0 Å². The standard InChI is InChI=1S/C22H18N2O3S/c1-3-17(28)18-12(2)23-21-15-6-4-5-7-16(15)22(25)20(21)19(18)13-8-10-14(11-9-13)24(26)27/h4-11,18-19H,3H2,1-2H3. The van der Waals surface area contributed by atoms with Gasteiger partial charge in [0.1, 0.15) is 0 Å². The van der Waals surface area contributed by atoms with E-state index in [-0.39, 0.29) is 23.3 Å². The summed E-state index contributed by atoms with van der Waals surface area (Å²) >= 11 is 5.66. The number of fused-ring (bicyclic) bond motifs is 2. The number of benzene rings is 2.